The Labute approximate surface area is 113 Å². The molecule has 0 amide bonds. The number of benzene rings is 2. The van der Waals surface area contributed by atoms with Gasteiger partial charge in [-0.25, -0.2) is 4.39 Å². The standard InChI is InChI=1S/C14H12BrFO2/c1-9(17)10-5-4-7-12(16)14(10)18-13-8-3-2-6-11(13)15/h2-9,17H,1H3/t9-/m1/s1. The zero-order valence-corrected chi connectivity index (χ0v) is 11.3. The predicted octanol–water partition coefficient (Wildman–Crippen LogP) is 4.43. The molecule has 1 atom stereocenters. The Morgan fingerprint density at radius 3 is 2.56 bits per heavy atom. The summed E-state index contributed by atoms with van der Waals surface area (Å²) in [6, 6.07) is 11.7. The summed E-state index contributed by atoms with van der Waals surface area (Å²) in [5.74, 6) is 0.0630. The first-order chi connectivity index (χ1) is 8.59. The molecule has 0 aromatic heterocycles. The molecule has 94 valence electrons. The molecule has 1 N–H and O–H groups in total. The van der Waals surface area contributed by atoms with E-state index in [1.165, 1.54) is 6.07 Å². The minimum absolute atomic E-state index is 0.0550. The average Bonchev–Trinajstić information content (AvgIpc) is 2.34. The van der Waals surface area contributed by atoms with Gasteiger partial charge in [-0.15, -0.1) is 0 Å². The zero-order chi connectivity index (χ0) is 13.1. The Bertz CT molecular complexity index is 555. The summed E-state index contributed by atoms with van der Waals surface area (Å²) in [6.07, 6.45) is -0.793. The largest absolute Gasteiger partial charge is 0.453 e. The van der Waals surface area contributed by atoms with E-state index < -0.39 is 11.9 Å². The van der Waals surface area contributed by atoms with Gasteiger partial charge in [0.2, 0.25) is 0 Å². The topological polar surface area (TPSA) is 29.5 Å². The highest BCUT2D eigenvalue weighted by Gasteiger charge is 2.15. The van der Waals surface area contributed by atoms with Crippen LogP contribution >= 0.6 is 15.9 Å². The Morgan fingerprint density at radius 2 is 1.89 bits per heavy atom. The molecular formula is C14H12BrFO2. The molecule has 18 heavy (non-hydrogen) atoms. The summed E-state index contributed by atoms with van der Waals surface area (Å²) in [7, 11) is 0. The number of para-hydroxylation sites is 2. The van der Waals surface area contributed by atoms with Crippen LogP contribution < -0.4 is 4.74 Å². The summed E-state index contributed by atoms with van der Waals surface area (Å²) in [6.45, 7) is 1.57. The Hall–Kier alpha value is -1.39. The molecular weight excluding hydrogens is 299 g/mol. The lowest BCUT2D eigenvalue weighted by Gasteiger charge is -2.14. The van der Waals surface area contributed by atoms with E-state index in [2.05, 4.69) is 15.9 Å². The van der Waals surface area contributed by atoms with Crippen molar-refractivity contribution < 1.29 is 14.2 Å². The number of aliphatic hydroxyl groups excluding tert-OH is 1. The molecule has 2 aromatic carbocycles. The molecule has 0 radical (unpaired) electrons. The van der Waals surface area contributed by atoms with Crippen LogP contribution in [0.15, 0.2) is 46.9 Å². The smallest absolute Gasteiger partial charge is 0.168 e. The second kappa shape index (κ2) is 5.50. The minimum Gasteiger partial charge on any atom is -0.453 e. The van der Waals surface area contributed by atoms with Crippen molar-refractivity contribution >= 4 is 15.9 Å². The van der Waals surface area contributed by atoms with E-state index in [9.17, 15) is 9.50 Å². The molecule has 0 aliphatic heterocycles. The summed E-state index contributed by atoms with van der Waals surface area (Å²) in [4.78, 5) is 0. The van der Waals surface area contributed by atoms with Crippen molar-refractivity contribution in [2.75, 3.05) is 0 Å². The van der Waals surface area contributed by atoms with Crippen LogP contribution in [0, 0.1) is 5.82 Å². The average molecular weight is 311 g/mol. The van der Waals surface area contributed by atoms with Gasteiger partial charge in [0.25, 0.3) is 0 Å². The number of halogens is 2. The molecule has 0 heterocycles. The van der Waals surface area contributed by atoms with E-state index in [4.69, 9.17) is 4.74 Å². The van der Waals surface area contributed by atoms with Crippen molar-refractivity contribution in [2.24, 2.45) is 0 Å². The van der Waals surface area contributed by atoms with Gasteiger partial charge >= 0.3 is 0 Å². The summed E-state index contributed by atoms with van der Waals surface area (Å²) in [5, 5.41) is 9.62. The maximum atomic E-state index is 13.8. The fourth-order valence-electron chi connectivity index (χ4n) is 1.60. The highest BCUT2D eigenvalue weighted by molar-refractivity contribution is 9.10. The summed E-state index contributed by atoms with van der Waals surface area (Å²) in [5.41, 5.74) is 0.422. The van der Waals surface area contributed by atoms with Gasteiger partial charge in [-0.1, -0.05) is 24.3 Å². The lowest BCUT2D eigenvalue weighted by molar-refractivity contribution is 0.194. The van der Waals surface area contributed by atoms with Crippen LogP contribution in [0.1, 0.15) is 18.6 Å². The van der Waals surface area contributed by atoms with Crippen molar-refractivity contribution in [1.29, 1.82) is 0 Å². The fourth-order valence-corrected chi connectivity index (χ4v) is 1.97. The van der Waals surface area contributed by atoms with Gasteiger partial charge in [-0.2, -0.15) is 0 Å². The van der Waals surface area contributed by atoms with Crippen LogP contribution in [0.2, 0.25) is 0 Å². The normalized spacial score (nSPS) is 12.2. The van der Waals surface area contributed by atoms with Gasteiger partial charge < -0.3 is 9.84 Å². The monoisotopic (exact) mass is 310 g/mol. The van der Waals surface area contributed by atoms with Crippen LogP contribution in [-0.4, -0.2) is 5.11 Å². The second-order valence-electron chi connectivity index (χ2n) is 3.87. The third kappa shape index (κ3) is 2.71. The fraction of sp³-hybridized carbons (Fsp3) is 0.143. The maximum absolute atomic E-state index is 13.8. The second-order valence-corrected chi connectivity index (χ2v) is 4.72. The molecule has 0 fully saturated rings. The lowest BCUT2D eigenvalue weighted by Crippen LogP contribution is -1.98. The Kier molecular flexibility index (Phi) is 3.99. The summed E-state index contributed by atoms with van der Waals surface area (Å²) >= 11 is 3.33. The van der Waals surface area contributed by atoms with Gasteiger partial charge in [0.15, 0.2) is 11.6 Å². The molecule has 0 bridgehead atoms. The highest BCUT2D eigenvalue weighted by Crippen LogP contribution is 2.35. The van der Waals surface area contributed by atoms with Gasteiger partial charge in [0.1, 0.15) is 5.75 Å². The Morgan fingerprint density at radius 1 is 1.17 bits per heavy atom. The third-order valence-electron chi connectivity index (χ3n) is 2.50. The molecule has 0 unspecified atom stereocenters. The Balaban J connectivity index is 2.43. The molecule has 0 saturated heterocycles. The maximum Gasteiger partial charge on any atom is 0.168 e. The molecule has 0 aliphatic carbocycles. The number of hydrogen-bond acceptors (Lipinski definition) is 2. The van der Waals surface area contributed by atoms with E-state index >= 15 is 0 Å². The first-order valence-electron chi connectivity index (χ1n) is 5.48. The minimum atomic E-state index is -0.793. The van der Waals surface area contributed by atoms with Crippen LogP contribution in [0.4, 0.5) is 4.39 Å². The highest BCUT2D eigenvalue weighted by atomic mass is 79.9. The molecule has 2 aromatic rings. The first-order valence-corrected chi connectivity index (χ1v) is 6.27. The van der Waals surface area contributed by atoms with Crippen LogP contribution in [0.25, 0.3) is 0 Å². The van der Waals surface area contributed by atoms with Crippen molar-refractivity contribution in [1.82, 2.24) is 0 Å². The molecule has 0 saturated carbocycles. The molecule has 0 spiro atoms. The number of rotatable bonds is 3. The van der Waals surface area contributed by atoms with Gasteiger partial charge in [-0.05, 0) is 41.1 Å². The summed E-state index contributed by atoms with van der Waals surface area (Å²) < 4.78 is 20.1. The lowest BCUT2D eigenvalue weighted by atomic mass is 10.1. The SMILES string of the molecule is C[C@@H](O)c1cccc(F)c1Oc1ccccc1Br. The van der Waals surface area contributed by atoms with Crippen molar-refractivity contribution in [3.8, 4) is 11.5 Å². The van der Waals surface area contributed by atoms with E-state index in [1.807, 2.05) is 6.07 Å². The quantitative estimate of drug-likeness (QED) is 0.908. The van der Waals surface area contributed by atoms with Crippen LogP contribution in [-0.2, 0) is 0 Å². The predicted molar refractivity (Wildman–Crippen MR) is 71.2 cm³/mol. The van der Waals surface area contributed by atoms with Crippen LogP contribution in [0.3, 0.4) is 0 Å². The van der Waals surface area contributed by atoms with E-state index in [-0.39, 0.29) is 5.75 Å². The van der Waals surface area contributed by atoms with E-state index in [1.54, 1.807) is 37.3 Å². The van der Waals surface area contributed by atoms with Crippen LogP contribution in [0.5, 0.6) is 11.5 Å². The molecule has 2 rings (SSSR count). The van der Waals surface area contributed by atoms with Crippen molar-refractivity contribution in [2.45, 2.75) is 13.0 Å². The van der Waals surface area contributed by atoms with E-state index in [0.717, 1.165) is 4.47 Å². The van der Waals surface area contributed by atoms with Crippen molar-refractivity contribution in [3.63, 3.8) is 0 Å². The number of hydrogen-bond donors (Lipinski definition) is 1. The van der Waals surface area contributed by atoms with Gasteiger partial charge in [0, 0.05) is 5.56 Å². The zero-order valence-electron chi connectivity index (χ0n) is 9.73. The van der Waals surface area contributed by atoms with Crippen molar-refractivity contribution in [3.05, 3.63) is 58.3 Å². The first kappa shape index (κ1) is 13.1. The third-order valence-corrected chi connectivity index (χ3v) is 3.15. The van der Waals surface area contributed by atoms with Gasteiger partial charge in [-0.3, -0.25) is 0 Å². The number of aliphatic hydroxyl groups is 1. The number of ether oxygens (including phenoxy) is 1. The molecule has 4 heteroatoms. The van der Waals surface area contributed by atoms with E-state index in [0.29, 0.717) is 11.3 Å². The molecule has 2 nitrogen and oxygen atoms in total. The molecule has 0 aliphatic rings. The van der Waals surface area contributed by atoms with Gasteiger partial charge in [0.05, 0.1) is 10.6 Å².